The second-order valence-electron chi connectivity index (χ2n) is 6.06. The molecule has 1 atom stereocenters. The fourth-order valence-electron chi connectivity index (χ4n) is 4.12. The molecule has 2 aliphatic heterocycles. The fraction of sp³-hybridized carbons (Fsp3) is 1.00. The van der Waals surface area contributed by atoms with Crippen LogP contribution in [0.15, 0.2) is 0 Å². The molecule has 1 saturated carbocycles. The minimum Gasteiger partial charge on any atom is -0.299 e. The molecule has 2 heterocycles. The summed E-state index contributed by atoms with van der Waals surface area (Å²) in [7, 11) is 0. The molecular formula is C14H26N2. The van der Waals surface area contributed by atoms with Crippen molar-refractivity contribution in [3.8, 4) is 0 Å². The molecule has 1 unspecified atom stereocenters. The second-order valence-corrected chi connectivity index (χ2v) is 6.06. The predicted octanol–water partition coefficient (Wildman–Crippen LogP) is 2.49. The SMILES string of the molecule is CCC1(N2CCCN3CCCC3C2)CCC1. The molecule has 0 bridgehead atoms. The van der Waals surface area contributed by atoms with E-state index in [4.69, 9.17) is 0 Å². The van der Waals surface area contributed by atoms with Crippen LogP contribution in [0.3, 0.4) is 0 Å². The lowest BCUT2D eigenvalue weighted by atomic mass is 9.73. The van der Waals surface area contributed by atoms with E-state index in [1.165, 1.54) is 71.1 Å². The lowest BCUT2D eigenvalue weighted by molar-refractivity contribution is 0.00805. The van der Waals surface area contributed by atoms with Gasteiger partial charge in [0.1, 0.15) is 0 Å². The highest BCUT2D eigenvalue weighted by Gasteiger charge is 2.43. The van der Waals surface area contributed by atoms with Crippen molar-refractivity contribution in [2.75, 3.05) is 26.2 Å². The molecule has 0 radical (unpaired) electrons. The molecule has 2 heteroatoms. The van der Waals surface area contributed by atoms with Gasteiger partial charge in [0.25, 0.3) is 0 Å². The van der Waals surface area contributed by atoms with Gasteiger partial charge in [0.2, 0.25) is 0 Å². The van der Waals surface area contributed by atoms with Crippen LogP contribution < -0.4 is 0 Å². The van der Waals surface area contributed by atoms with Gasteiger partial charge in [0, 0.05) is 18.1 Å². The van der Waals surface area contributed by atoms with Crippen LogP contribution in [-0.4, -0.2) is 47.6 Å². The first kappa shape index (κ1) is 11.0. The van der Waals surface area contributed by atoms with E-state index in [0.717, 1.165) is 6.04 Å². The lowest BCUT2D eigenvalue weighted by Gasteiger charge is -2.50. The Morgan fingerprint density at radius 2 is 1.88 bits per heavy atom. The lowest BCUT2D eigenvalue weighted by Crippen LogP contribution is -2.55. The Morgan fingerprint density at radius 1 is 1.06 bits per heavy atom. The first-order valence-corrected chi connectivity index (χ1v) is 7.33. The first-order valence-electron chi connectivity index (χ1n) is 7.33. The summed E-state index contributed by atoms with van der Waals surface area (Å²) in [5, 5.41) is 0. The maximum Gasteiger partial charge on any atom is 0.0223 e. The molecule has 3 fully saturated rings. The first-order chi connectivity index (χ1) is 7.84. The number of hydrogen-bond donors (Lipinski definition) is 0. The van der Waals surface area contributed by atoms with Gasteiger partial charge in [-0.05, 0) is 64.6 Å². The van der Waals surface area contributed by atoms with Crippen LogP contribution in [0.5, 0.6) is 0 Å². The van der Waals surface area contributed by atoms with E-state index >= 15 is 0 Å². The second kappa shape index (κ2) is 4.30. The van der Waals surface area contributed by atoms with Gasteiger partial charge in [-0.1, -0.05) is 6.92 Å². The van der Waals surface area contributed by atoms with Crippen LogP contribution in [-0.2, 0) is 0 Å². The van der Waals surface area contributed by atoms with Crippen LogP contribution in [0.2, 0.25) is 0 Å². The van der Waals surface area contributed by atoms with Crippen molar-refractivity contribution < 1.29 is 0 Å². The van der Waals surface area contributed by atoms with Gasteiger partial charge in [0.05, 0.1) is 0 Å². The van der Waals surface area contributed by atoms with Gasteiger partial charge in [-0.3, -0.25) is 9.80 Å². The van der Waals surface area contributed by atoms with Gasteiger partial charge < -0.3 is 0 Å². The summed E-state index contributed by atoms with van der Waals surface area (Å²) in [6, 6.07) is 0.895. The molecule has 0 aromatic carbocycles. The molecular weight excluding hydrogens is 196 g/mol. The van der Waals surface area contributed by atoms with Gasteiger partial charge in [-0.2, -0.15) is 0 Å². The average molecular weight is 222 g/mol. The Morgan fingerprint density at radius 3 is 2.56 bits per heavy atom. The van der Waals surface area contributed by atoms with Gasteiger partial charge in [-0.15, -0.1) is 0 Å². The van der Waals surface area contributed by atoms with E-state index in [2.05, 4.69) is 16.7 Å². The number of fused-ring (bicyclic) bond motifs is 1. The summed E-state index contributed by atoms with van der Waals surface area (Å²) in [4.78, 5) is 5.62. The summed E-state index contributed by atoms with van der Waals surface area (Å²) < 4.78 is 0. The van der Waals surface area contributed by atoms with E-state index in [-0.39, 0.29) is 0 Å². The normalized spacial score (nSPS) is 35.4. The van der Waals surface area contributed by atoms with E-state index in [1.807, 2.05) is 0 Å². The molecule has 0 amide bonds. The van der Waals surface area contributed by atoms with Crippen molar-refractivity contribution in [2.24, 2.45) is 0 Å². The summed E-state index contributed by atoms with van der Waals surface area (Å²) in [6.07, 6.45) is 10.1. The topological polar surface area (TPSA) is 6.48 Å². The highest BCUT2D eigenvalue weighted by molar-refractivity contribution is 4.99. The Hall–Kier alpha value is -0.0800. The quantitative estimate of drug-likeness (QED) is 0.708. The van der Waals surface area contributed by atoms with Crippen LogP contribution in [0, 0.1) is 0 Å². The zero-order chi connectivity index (χ0) is 11.0. The molecule has 3 rings (SSSR count). The third kappa shape index (κ3) is 1.70. The van der Waals surface area contributed by atoms with Gasteiger partial charge in [-0.25, -0.2) is 0 Å². The summed E-state index contributed by atoms with van der Waals surface area (Å²) in [5.74, 6) is 0. The van der Waals surface area contributed by atoms with Crippen LogP contribution in [0.25, 0.3) is 0 Å². The molecule has 2 nitrogen and oxygen atoms in total. The van der Waals surface area contributed by atoms with E-state index < -0.39 is 0 Å². The molecule has 0 aromatic heterocycles. The Balaban J connectivity index is 1.70. The minimum atomic E-state index is 0.624. The van der Waals surface area contributed by atoms with Gasteiger partial charge >= 0.3 is 0 Å². The van der Waals surface area contributed by atoms with Crippen molar-refractivity contribution >= 4 is 0 Å². The van der Waals surface area contributed by atoms with E-state index in [0.29, 0.717) is 5.54 Å². The summed E-state index contributed by atoms with van der Waals surface area (Å²) >= 11 is 0. The highest BCUT2D eigenvalue weighted by atomic mass is 15.3. The standard InChI is InChI=1S/C14H26N2/c1-2-14(7-4-8-14)16-11-5-10-15-9-3-6-13(15)12-16/h13H,2-12H2,1H3. The number of rotatable bonds is 2. The largest absolute Gasteiger partial charge is 0.299 e. The van der Waals surface area contributed by atoms with Crippen molar-refractivity contribution in [3.63, 3.8) is 0 Å². The van der Waals surface area contributed by atoms with Crippen molar-refractivity contribution in [3.05, 3.63) is 0 Å². The molecule has 1 aliphatic carbocycles. The Labute approximate surface area is 100.0 Å². The zero-order valence-corrected chi connectivity index (χ0v) is 10.7. The molecule has 0 N–H and O–H groups in total. The molecule has 16 heavy (non-hydrogen) atoms. The van der Waals surface area contributed by atoms with Crippen LogP contribution in [0.1, 0.15) is 51.9 Å². The average Bonchev–Trinajstić information content (AvgIpc) is 2.56. The van der Waals surface area contributed by atoms with E-state index in [1.54, 1.807) is 0 Å². The molecule has 0 aromatic rings. The zero-order valence-electron chi connectivity index (χ0n) is 10.7. The maximum absolute atomic E-state index is 2.87. The molecule has 3 aliphatic rings. The third-order valence-corrected chi connectivity index (χ3v) is 5.42. The van der Waals surface area contributed by atoms with Crippen molar-refractivity contribution in [1.29, 1.82) is 0 Å². The number of nitrogens with zero attached hydrogens (tertiary/aromatic N) is 2. The van der Waals surface area contributed by atoms with E-state index in [9.17, 15) is 0 Å². The van der Waals surface area contributed by atoms with Crippen LogP contribution in [0.4, 0.5) is 0 Å². The van der Waals surface area contributed by atoms with Gasteiger partial charge in [0.15, 0.2) is 0 Å². The smallest absolute Gasteiger partial charge is 0.0223 e. The van der Waals surface area contributed by atoms with Crippen LogP contribution >= 0.6 is 0 Å². The summed E-state index contributed by atoms with van der Waals surface area (Å²) in [6.45, 7) is 7.86. The number of hydrogen-bond acceptors (Lipinski definition) is 2. The monoisotopic (exact) mass is 222 g/mol. The third-order valence-electron chi connectivity index (χ3n) is 5.42. The van der Waals surface area contributed by atoms with Crippen molar-refractivity contribution in [1.82, 2.24) is 9.80 Å². The molecule has 0 spiro atoms. The molecule has 2 saturated heterocycles. The Kier molecular flexibility index (Phi) is 2.97. The molecule has 92 valence electrons. The van der Waals surface area contributed by atoms with Crippen molar-refractivity contribution in [2.45, 2.75) is 63.5 Å². The predicted molar refractivity (Wildman–Crippen MR) is 67.7 cm³/mol. The fourth-order valence-corrected chi connectivity index (χ4v) is 4.12. The maximum atomic E-state index is 2.87. The Bertz CT molecular complexity index is 242. The highest BCUT2D eigenvalue weighted by Crippen LogP contribution is 2.41. The summed E-state index contributed by atoms with van der Waals surface area (Å²) in [5.41, 5.74) is 0.624. The minimum absolute atomic E-state index is 0.624.